The third-order valence-electron chi connectivity index (χ3n) is 3.53. The topological polar surface area (TPSA) is 94.9 Å². The number of sulfonamides is 1. The first kappa shape index (κ1) is 16.2. The molecule has 6 nitrogen and oxygen atoms in total. The smallest absolute Gasteiger partial charge is 0.336 e. The lowest BCUT2D eigenvalue weighted by molar-refractivity contribution is 0.0695. The fourth-order valence-corrected chi connectivity index (χ4v) is 4.49. The number of carboxylic acid groups (broad SMARTS) is 1. The highest BCUT2D eigenvalue weighted by Crippen LogP contribution is 2.28. The van der Waals surface area contributed by atoms with E-state index in [2.05, 4.69) is 0 Å². The second-order valence-electron chi connectivity index (χ2n) is 5.04. The third kappa shape index (κ3) is 3.21. The number of aliphatic hydroxyl groups excluding tert-OH is 1. The van der Waals surface area contributed by atoms with Gasteiger partial charge in [0.1, 0.15) is 0 Å². The van der Waals surface area contributed by atoms with Crippen molar-refractivity contribution in [3.05, 3.63) is 28.3 Å². The van der Waals surface area contributed by atoms with Crippen molar-refractivity contribution < 1.29 is 23.4 Å². The molecule has 21 heavy (non-hydrogen) atoms. The number of carbonyl (C=O) groups is 1. The molecule has 116 valence electrons. The van der Waals surface area contributed by atoms with Crippen LogP contribution in [0.3, 0.4) is 0 Å². The van der Waals surface area contributed by atoms with E-state index in [1.807, 2.05) is 0 Å². The third-order valence-corrected chi connectivity index (χ3v) is 5.74. The zero-order chi connectivity index (χ0) is 15.8. The van der Waals surface area contributed by atoms with E-state index in [9.17, 15) is 18.3 Å². The number of hydrogen-bond donors (Lipinski definition) is 2. The van der Waals surface area contributed by atoms with E-state index in [0.717, 1.165) is 0 Å². The first-order chi connectivity index (χ1) is 9.73. The maximum atomic E-state index is 12.6. The van der Waals surface area contributed by atoms with Gasteiger partial charge in [-0.05, 0) is 37.5 Å². The number of β-amino-alcohol motifs (C(OH)–C–C–N with tert-alkyl or cyclic N) is 1. The summed E-state index contributed by atoms with van der Waals surface area (Å²) in [4.78, 5) is 11.1. The van der Waals surface area contributed by atoms with Crippen molar-refractivity contribution in [3.63, 3.8) is 0 Å². The van der Waals surface area contributed by atoms with Gasteiger partial charge >= 0.3 is 5.97 Å². The van der Waals surface area contributed by atoms with E-state index < -0.39 is 22.1 Å². The molecule has 1 aromatic rings. The van der Waals surface area contributed by atoms with E-state index in [1.165, 1.54) is 23.4 Å². The van der Waals surface area contributed by atoms with Gasteiger partial charge in [0, 0.05) is 18.1 Å². The second kappa shape index (κ2) is 5.92. The summed E-state index contributed by atoms with van der Waals surface area (Å²) in [6.45, 7) is 1.75. The summed E-state index contributed by atoms with van der Waals surface area (Å²) >= 11 is 5.84. The number of halogens is 1. The van der Waals surface area contributed by atoms with Crippen LogP contribution in [0.25, 0.3) is 0 Å². The number of aliphatic hydroxyl groups is 1. The van der Waals surface area contributed by atoms with Gasteiger partial charge in [0.25, 0.3) is 0 Å². The molecule has 0 spiro atoms. The standard InChI is InChI=1S/C13H16ClNO5S/c1-8-11(13(17)18)5-9(14)6-12(8)21(19,20)15-4-2-3-10(16)7-15/h5-6,10,16H,2-4,7H2,1H3,(H,17,18)/t10-/m0/s1. The maximum Gasteiger partial charge on any atom is 0.336 e. The van der Waals surface area contributed by atoms with Gasteiger partial charge in [-0.2, -0.15) is 4.31 Å². The Hall–Kier alpha value is -1.15. The number of benzene rings is 1. The molecule has 0 bridgehead atoms. The lowest BCUT2D eigenvalue weighted by Gasteiger charge is -2.29. The van der Waals surface area contributed by atoms with Crippen LogP contribution in [-0.2, 0) is 10.0 Å². The zero-order valence-corrected chi connectivity index (χ0v) is 13.0. The highest BCUT2D eigenvalue weighted by atomic mass is 35.5. The largest absolute Gasteiger partial charge is 0.478 e. The first-order valence-corrected chi connectivity index (χ1v) is 8.27. The highest BCUT2D eigenvalue weighted by Gasteiger charge is 2.32. The van der Waals surface area contributed by atoms with Crippen LogP contribution in [0.1, 0.15) is 28.8 Å². The van der Waals surface area contributed by atoms with Gasteiger partial charge in [0.15, 0.2) is 0 Å². The number of hydrogen-bond acceptors (Lipinski definition) is 4. The Balaban J connectivity index is 2.52. The first-order valence-electron chi connectivity index (χ1n) is 6.45. The minimum Gasteiger partial charge on any atom is -0.478 e. The Kier molecular flexibility index (Phi) is 4.57. The molecule has 1 aliphatic rings. The van der Waals surface area contributed by atoms with Crippen molar-refractivity contribution in [2.24, 2.45) is 0 Å². The van der Waals surface area contributed by atoms with Crippen molar-refractivity contribution in [1.29, 1.82) is 0 Å². The number of nitrogens with zero attached hydrogens (tertiary/aromatic N) is 1. The van der Waals surface area contributed by atoms with E-state index in [0.29, 0.717) is 19.4 Å². The van der Waals surface area contributed by atoms with Crippen LogP contribution in [0.15, 0.2) is 17.0 Å². The van der Waals surface area contributed by atoms with Gasteiger partial charge in [0.05, 0.1) is 16.6 Å². The number of carboxylic acids is 1. The zero-order valence-electron chi connectivity index (χ0n) is 11.4. The SMILES string of the molecule is Cc1c(C(=O)O)cc(Cl)cc1S(=O)(=O)N1CCC[C@H](O)C1. The van der Waals surface area contributed by atoms with Crippen LogP contribution >= 0.6 is 11.6 Å². The van der Waals surface area contributed by atoms with Gasteiger partial charge in [-0.25, -0.2) is 13.2 Å². The quantitative estimate of drug-likeness (QED) is 0.874. The maximum absolute atomic E-state index is 12.6. The summed E-state index contributed by atoms with van der Waals surface area (Å²) in [7, 11) is -3.88. The van der Waals surface area contributed by atoms with Crippen LogP contribution in [0, 0.1) is 6.92 Å². The lowest BCUT2D eigenvalue weighted by atomic mass is 10.1. The molecule has 1 fully saturated rings. The summed E-state index contributed by atoms with van der Waals surface area (Å²) < 4.78 is 26.5. The average molecular weight is 334 g/mol. The number of rotatable bonds is 3. The second-order valence-corrected chi connectivity index (χ2v) is 7.38. The van der Waals surface area contributed by atoms with Gasteiger partial charge in [0.2, 0.25) is 10.0 Å². The molecular formula is C13H16ClNO5S. The van der Waals surface area contributed by atoms with Crippen LogP contribution in [0.4, 0.5) is 0 Å². The summed E-state index contributed by atoms with van der Waals surface area (Å²) in [5, 5.41) is 18.8. The Bertz CT molecular complexity index is 673. The van der Waals surface area contributed by atoms with E-state index >= 15 is 0 Å². The molecular weight excluding hydrogens is 318 g/mol. The fourth-order valence-electron chi connectivity index (χ4n) is 2.42. The van der Waals surface area contributed by atoms with Crippen molar-refractivity contribution >= 4 is 27.6 Å². The molecule has 1 aliphatic heterocycles. The molecule has 0 radical (unpaired) electrons. The molecule has 2 N–H and O–H groups in total. The summed E-state index contributed by atoms with van der Waals surface area (Å²) in [5.41, 5.74) is 0.00518. The van der Waals surface area contributed by atoms with E-state index in [4.69, 9.17) is 16.7 Å². The molecule has 0 amide bonds. The predicted molar refractivity (Wildman–Crippen MR) is 77.1 cm³/mol. The van der Waals surface area contributed by atoms with Crippen molar-refractivity contribution in [3.8, 4) is 0 Å². The monoisotopic (exact) mass is 333 g/mol. The number of aromatic carboxylic acids is 1. The van der Waals surface area contributed by atoms with Crippen LogP contribution < -0.4 is 0 Å². The van der Waals surface area contributed by atoms with Crippen molar-refractivity contribution in [2.75, 3.05) is 13.1 Å². The molecule has 0 unspecified atom stereocenters. The highest BCUT2D eigenvalue weighted by molar-refractivity contribution is 7.89. The molecule has 2 rings (SSSR count). The van der Waals surface area contributed by atoms with Crippen molar-refractivity contribution in [2.45, 2.75) is 30.8 Å². The van der Waals surface area contributed by atoms with Gasteiger partial charge in [-0.1, -0.05) is 11.6 Å². The normalized spacial score (nSPS) is 20.4. The van der Waals surface area contributed by atoms with Crippen molar-refractivity contribution in [1.82, 2.24) is 4.31 Å². The molecule has 8 heteroatoms. The molecule has 0 aromatic heterocycles. The number of piperidine rings is 1. The molecule has 0 saturated carbocycles. The van der Waals surface area contributed by atoms with E-state index in [-0.39, 0.29) is 27.6 Å². The van der Waals surface area contributed by atoms with Gasteiger partial charge in [-0.15, -0.1) is 0 Å². The summed E-state index contributed by atoms with van der Waals surface area (Å²) in [6.07, 6.45) is 0.416. The minimum atomic E-state index is -3.88. The van der Waals surface area contributed by atoms with Crippen LogP contribution in [0.2, 0.25) is 5.02 Å². The predicted octanol–water partition coefficient (Wildman–Crippen LogP) is 1.49. The Morgan fingerprint density at radius 2 is 2.10 bits per heavy atom. The minimum absolute atomic E-state index is 0.0106. The molecule has 1 saturated heterocycles. The van der Waals surface area contributed by atoms with Crippen LogP contribution in [0.5, 0.6) is 0 Å². The summed E-state index contributed by atoms with van der Waals surface area (Å²) in [6, 6.07) is 2.48. The fraction of sp³-hybridized carbons (Fsp3) is 0.462. The summed E-state index contributed by atoms with van der Waals surface area (Å²) in [5.74, 6) is -1.23. The molecule has 0 aliphatic carbocycles. The Morgan fingerprint density at radius 1 is 1.43 bits per heavy atom. The lowest BCUT2D eigenvalue weighted by Crippen LogP contribution is -2.42. The van der Waals surface area contributed by atoms with E-state index in [1.54, 1.807) is 0 Å². The molecule has 1 heterocycles. The average Bonchev–Trinajstić information content (AvgIpc) is 2.40. The van der Waals surface area contributed by atoms with Crippen LogP contribution in [-0.4, -0.2) is 48.1 Å². The molecule has 1 aromatic carbocycles. The van der Waals surface area contributed by atoms with Gasteiger partial charge < -0.3 is 10.2 Å². The Morgan fingerprint density at radius 3 is 2.67 bits per heavy atom. The van der Waals surface area contributed by atoms with Gasteiger partial charge in [-0.3, -0.25) is 0 Å². The molecule has 1 atom stereocenters. The Labute approximate surface area is 128 Å².